The lowest BCUT2D eigenvalue weighted by Gasteiger charge is -2.47. The first-order chi connectivity index (χ1) is 36.8. The van der Waals surface area contributed by atoms with Crippen LogP contribution in [0.3, 0.4) is 0 Å². The number of piperidine rings is 1. The van der Waals surface area contributed by atoms with E-state index in [9.17, 15) is 9.59 Å². The molecule has 0 amide bonds. The van der Waals surface area contributed by atoms with Crippen molar-refractivity contribution in [2.75, 3.05) is 80.1 Å². The number of halogens is 2. The van der Waals surface area contributed by atoms with Gasteiger partial charge < -0.3 is 47.5 Å². The van der Waals surface area contributed by atoms with E-state index in [1.54, 1.807) is 50.6 Å². The van der Waals surface area contributed by atoms with E-state index in [1.165, 1.54) is 25.5 Å². The van der Waals surface area contributed by atoms with Crippen molar-refractivity contribution < 1.29 is 52.2 Å². The summed E-state index contributed by atoms with van der Waals surface area (Å²) in [5.41, 5.74) is 3.36. The quantitative estimate of drug-likeness (QED) is 0.0495. The molecule has 0 aliphatic carbocycles. The van der Waals surface area contributed by atoms with Gasteiger partial charge in [0, 0.05) is 66.2 Å². The van der Waals surface area contributed by atoms with E-state index in [1.807, 2.05) is 52.0 Å². The van der Waals surface area contributed by atoms with Crippen molar-refractivity contribution in [1.82, 2.24) is 24.8 Å². The minimum Gasteiger partial charge on any atom is -0.493 e. The molecule has 2 aromatic heterocycles. The molecule has 0 N–H and O–H groups in total. The van der Waals surface area contributed by atoms with Crippen LogP contribution < -0.4 is 28.4 Å². The number of hydrogen-bond acceptors (Lipinski definition) is 16. The standard InChI is InChI=1S/C31H38ClN3O5.C27H31ClN2O6/c1-21(2)13-23(36)14-22-5-6-24(15-26(22)32)40-30-25-16-28(37-3)29(17-27(25)33-20-34-30)39-12-4-9-35-10-7-31(8-11-35)18-38-19-31;1-17(2)9-19(31)10-18-5-6-20(11-23(18)28)36-27-22-12-25(32-3)26(13-24(22)29-16-30-27)35-8-4-7-34-21-14-33-15-21/h5-6,15-17,20-21H,4,7-14,18-19H2,1-3H3;5-6,11-13,16-17,21H,4,7-10,14-15H2,1-3H3. The fourth-order valence-electron chi connectivity index (χ4n) is 9.16. The van der Waals surface area contributed by atoms with E-state index in [2.05, 4.69) is 24.8 Å². The number of methoxy groups -OCH3 is 2. The maximum atomic E-state index is 12.2. The second-order valence-corrected chi connectivity index (χ2v) is 21.3. The molecule has 0 unspecified atom stereocenters. The number of aromatic nitrogens is 4. The Kier molecular flexibility index (Phi) is 20.0. The molecule has 0 radical (unpaired) electrons. The third-order valence-electron chi connectivity index (χ3n) is 13.4. The number of carbonyl (C=O) groups is 2. The molecule has 0 atom stereocenters. The summed E-state index contributed by atoms with van der Waals surface area (Å²) in [6, 6.07) is 17.9. The molecular weight excluding hydrogens is 1010 g/mol. The molecule has 9 rings (SSSR count). The summed E-state index contributed by atoms with van der Waals surface area (Å²) in [5.74, 6) is 5.11. The Labute approximate surface area is 454 Å². The van der Waals surface area contributed by atoms with Gasteiger partial charge in [-0.3, -0.25) is 9.59 Å². The molecule has 3 aliphatic rings. The summed E-state index contributed by atoms with van der Waals surface area (Å²) in [5, 5.41) is 2.33. The predicted octanol–water partition coefficient (Wildman–Crippen LogP) is 11.5. The van der Waals surface area contributed by atoms with E-state index < -0.39 is 0 Å². The molecule has 0 saturated carbocycles. The van der Waals surface area contributed by atoms with Crippen LogP contribution in [0.5, 0.6) is 46.3 Å². The molecule has 4 aromatic carbocycles. The normalized spacial score (nSPS) is 15.2. The maximum absolute atomic E-state index is 12.2. The monoisotopic (exact) mass is 1080 g/mol. The van der Waals surface area contributed by atoms with Gasteiger partial charge in [-0.05, 0) is 91.7 Å². The van der Waals surface area contributed by atoms with Crippen LogP contribution in [0.15, 0.2) is 73.3 Å². The summed E-state index contributed by atoms with van der Waals surface area (Å²) in [4.78, 5) is 44.4. The van der Waals surface area contributed by atoms with Gasteiger partial charge in [0.25, 0.3) is 0 Å². The zero-order valence-electron chi connectivity index (χ0n) is 44.4. The molecule has 76 heavy (non-hydrogen) atoms. The van der Waals surface area contributed by atoms with Crippen LogP contribution >= 0.6 is 23.2 Å². The van der Waals surface area contributed by atoms with Gasteiger partial charge in [-0.2, -0.15) is 0 Å². The van der Waals surface area contributed by atoms with Crippen LogP contribution in [0.2, 0.25) is 10.0 Å². The number of carbonyl (C=O) groups excluding carboxylic acids is 2. The second kappa shape index (κ2) is 26.9. The number of hydrogen-bond donors (Lipinski definition) is 0. The summed E-state index contributed by atoms with van der Waals surface area (Å²) in [7, 11) is 3.20. The molecule has 18 heteroatoms. The summed E-state index contributed by atoms with van der Waals surface area (Å²) in [6.45, 7) is 16.3. The molecule has 1 spiro atoms. The molecule has 16 nitrogen and oxygen atoms in total. The minimum absolute atomic E-state index is 0.160. The number of ketones is 2. The lowest BCUT2D eigenvalue weighted by molar-refractivity contribution is -0.139. The SMILES string of the molecule is COc1cc2c(Oc3ccc(CC(=O)CC(C)C)c(Cl)c3)ncnc2cc1OCCCN1CCC2(CC1)COC2.COc1cc2c(Oc3ccc(CC(=O)CC(C)C)c(Cl)c3)ncnc2cc1OCCCOC1COC1. The Morgan fingerprint density at radius 3 is 1.57 bits per heavy atom. The molecule has 5 heterocycles. The minimum atomic E-state index is 0.160. The molecule has 3 saturated heterocycles. The fourth-order valence-corrected chi connectivity index (χ4v) is 9.64. The number of benzene rings is 4. The molecule has 406 valence electrons. The Hall–Kier alpha value is -5.88. The van der Waals surface area contributed by atoms with Crippen molar-refractivity contribution >= 4 is 56.6 Å². The van der Waals surface area contributed by atoms with Gasteiger partial charge in [-0.1, -0.05) is 63.0 Å². The van der Waals surface area contributed by atoms with Crippen molar-refractivity contribution in [3.05, 3.63) is 94.5 Å². The van der Waals surface area contributed by atoms with Crippen molar-refractivity contribution in [2.45, 2.75) is 85.2 Å². The fraction of sp³-hybridized carbons (Fsp3) is 0.483. The molecule has 0 bridgehead atoms. The van der Waals surface area contributed by atoms with E-state index in [0.29, 0.717) is 154 Å². The zero-order valence-corrected chi connectivity index (χ0v) is 45.9. The van der Waals surface area contributed by atoms with Crippen LogP contribution in [0, 0.1) is 17.3 Å². The third kappa shape index (κ3) is 15.4. The van der Waals surface area contributed by atoms with E-state index in [-0.39, 0.29) is 17.7 Å². The van der Waals surface area contributed by atoms with Crippen molar-refractivity contribution in [2.24, 2.45) is 17.3 Å². The van der Waals surface area contributed by atoms with Gasteiger partial charge in [0.2, 0.25) is 11.8 Å². The summed E-state index contributed by atoms with van der Waals surface area (Å²) in [6.07, 6.45) is 8.90. The average molecular weight is 1080 g/mol. The van der Waals surface area contributed by atoms with Crippen molar-refractivity contribution in [1.29, 1.82) is 0 Å². The number of ether oxygens (including phenoxy) is 9. The largest absolute Gasteiger partial charge is 0.493 e. The van der Waals surface area contributed by atoms with E-state index in [4.69, 9.17) is 65.8 Å². The van der Waals surface area contributed by atoms with E-state index in [0.717, 1.165) is 56.8 Å². The smallest absolute Gasteiger partial charge is 0.230 e. The van der Waals surface area contributed by atoms with Gasteiger partial charge >= 0.3 is 0 Å². The van der Waals surface area contributed by atoms with Crippen LogP contribution in [0.25, 0.3) is 21.8 Å². The number of nitrogens with zero attached hydrogens (tertiary/aromatic N) is 5. The van der Waals surface area contributed by atoms with Crippen molar-refractivity contribution in [3.8, 4) is 46.3 Å². The first kappa shape index (κ1) is 56.3. The number of Topliss-reactive ketones (excluding diaryl/α,β-unsaturated/α-hetero) is 2. The van der Waals surface area contributed by atoms with E-state index >= 15 is 0 Å². The third-order valence-corrected chi connectivity index (χ3v) is 14.1. The Morgan fingerprint density at radius 1 is 0.645 bits per heavy atom. The lowest BCUT2D eigenvalue weighted by Crippen LogP contribution is -2.51. The average Bonchev–Trinajstić information content (AvgIpc) is 3.36. The highest BCUT2D eigenvalue weighted by atomic mass is 35.5. The van der Waals surface area contributed by atoms with Crippen LogP contribution in [0.1, 0.15) is 77.3 Å². The van der Waals surface area contributed by atoms with Crippen molar-refractivity contribution in [3.63, 3.8) is 0 Å². The highest BCUT2D eigenvalue weighted by Gasteiger charge is 2.41. The summed E-state index contributed by atoms with van der Waals surface area (Å²) >= 11 is 12.9. The Balaban J connectivity index is 0.000000203. The summed E-state index contributed by atoms with van der Waals surface area (Å²) < 4.78 is 51.6. The predicted molar refractivity (Wildman–Crippen MR) is 291 cm³/mol. The molecule has 3 aliphatic heterocycles. The first-order valence-corrected chi connectivity index (χ1v) is 26.9. The Morgan fingerprint density at radius 2 is 1.14 bits per heavy atom. The Bertz CT molecular complexity index is 2920. The van der Waals surface area contributed by atoms with Crippen LogP contribution in [0.4, 0.5) is 0 Å². The van der Waals surface area contributed by atoms with Gasteiger partial charge in [0.05, 0.1) is 82.3 Å². The molecule has 3 fully saturated rings. The highest BCUT2D eigenvalue weighted by Crippen LogP contribution is 2.40. The van der Waals surface area contributed by atoms with Crippen LogP contribution in [-0.4, -0.2) is 123 Å². The number of rotatable bonds is 25. The maximum Gasteiger partial charge on any atom is 0.230 e. The van der Waals surface area contributed by atoms with Gasteiger partial charge in [0.1, 0.15) is 41.8 Å². The van der Waals surface area contributed by atoms with Gasteiger partial charge in [-0.25, -0.2) is 19.9 Å². The second-order valence-electron chi connectivity index (χ2n) is 20.5. The number of likely N-dealkylation sites (tertiary alicyclic amines) is 1. The van der Waals surface area contributed by atoms with Gasteiger partial charge in [-0.15, -0.1) is 0 Å². The molecular formula is C58H69Cl2N5O11. The zero-order chi connectivity index (χ0) is 53.6. The van der Waals surface area contributed by atoms with Crippen LogP contribution in [-0.2, 0) is 36.6 Å². The molecule has 6 aromatic rings. The van der Waals surface area contributed by atoms with Gasteiger partial charge in [0.15, 0.2) is 23.0 Å². The topological polar surface area (TPSA) is 172 Å². The first-order valence-electron chi connectivity index (χ1n) is 26.1. The number of fused-ring (bicyclic) bond motifs is 2. The lowest BCUT2D eigenvalue weighted by atomic mass is 9.77. The highest BCUT2D eigenvalue weighted by molar-refractivity contribution is 6.32.